The fraction of sp³-hybridized carbons (Fsp3) is 0.600. The summed E-state index contributed by atoms with van der Waals surface area (Å²) in [6, 6.07) is 0. The van der Waals surface area contributed by atoms with Gasteiger partial charge in [-0.05, 0) is 20.0 Å². The fourth-order valence-electron chi connectivity index (χ4n) is 1.04. The largest absolute Gasteiger partial charge is 0.490 e. The van der Waals surface area contributed by atoms with E-state index in [0.29, 0.717) is 6.61 Å². The molecule has 1 heterocycles. The Morgan fingerprint density at radius 1 is 1.36 bits per heavy atom. The van der Waals surface area contributed by atoms with Gasteiger partial charge in [0.2, 0.25) is 0 Å². The highest BCUT2D eigenvalue weighted by Crippen LogP contribution is 2.06. The Hall–Kier alpha value is -1.16. The van der Waals surface area contributed by atoms with Crippen LogP contribution in [0.1, 0.15) is 19.2 Å². The van der Waals surface area contributed by atoms with E-state index in [1.165, 1.54) is 0 Å². The van der Waals surface area contributed by atoms with Crippen LogP contribution >= 0.6 is 0 Å². The lowest BCUT2D eigenvalue weighted by molar-refractivity contribution is 0.307. The summed E-state index contributed by atoms with van der Waals surface area (Å²) >= 11 is 0. The normalized spacial score (nSPS) is 10.1. The number of hydrogen-bond donors (Lipinski definition) is 1. The Morgan fingerprint density at radius 3 is 2.64 bits per heavy atom. The van der Waals surface area contributed by atoms with Crippen LogP contribution in [0.3, 0.4) is 0 Å². The average Bonchev–Trinajstić information content (AvgIpc) is 2.25. The van der Waals surface area contributed by atoms with Crippen molar-refractivity contribution in [1.82, 2.24) is 15.3 Å². The van der Waals surface area contributed by atoms with Crippen molar-refractivity contribution >= 4 is 0 Å². The van der Waals surface area contributed by atoms with Crippen molar-refractivity contribution in [3.63, 3.8) is 0 Å². The van der Waals surface area contributed by atoms with Crippen LogP contribution in [0.4, 0.5) is 0 Å². The van der Waals surface area contributed by atoms with Gasteiger partial charge in [0.1, 0.15) is 5.82 Å². The van der Waals surface area contributed by atoms with E-state index < -0.39 is 0 Å². The first-order valence-electron chi connectivity index (χ1n) is 4.95. The van der Waals surface area contributed by atoms with E-state index in [2.05, 4.69) is 15.3 Å². The maximum Gasteiger partial charge on any atom is 0.155 e. The number of nitrogens with zero attached hydrogens (tertiary/aromatic N) is 2. The van der Waals surface area contributed by atoms with E-state index in [4.69, 9.17) is 4.74 Å². The molecule has 1 aromatic rings. The monoisotopic (exact) mass is 195 g/mol. The van der Waals surface area contributed by atoms with Gasteiger partial charge in [-0.2, -0.15) is 0 Å². The quantitative estimate of drug-likeness (QED) is 0.689. The molecule has 0 spiro atoms. The van der Waals surface area contributed by atoms with Crippen molar-refractivity contribution in [1.29, 1.82) is 0 Å². The highest BCUT2D eigenvalue weighted by atomic mass is 16.5. The molecule has 0 aromatic carbocycles. The third kappa shape index (κ3) is 3.70. The van der Waals surface area contributed by atoms with E-state index in [0.717, 1.165) is 31.0 Å². The van der Waals surface area contributed by atoms with Gasteiger partial charge in [-0.1, -0.05) is 6.92 Å². The molecular formula is C10H17N3O. The van der Waals surface area contributed by atoms with Crippen molar-refractivity contribution in [2.75, 3.05) is 20.2 Å². The van der Waals surface area contributed by atoms with Gasteiger partial charge < -0.3 is 10.1 Å². The molecule has 0 amide bonds. The minimum atomic E-state index is 0.704. The first kappa shape index (κ1) is 10.9. The second-order valence-corrected chi connectivity index (χ2v) is 2.99. The maximum absolute atomic E-state index is 5.44. The van der Waals surface area contributed by atoms with Crippen LogP contribution in [0.25, 0.3) is 0 Å². The van der Waals surface area contributed by atoms with Crippen LogP contribution in [-0.4, -0.2) is 30.2 Å². The molecule has 0 atom stereocenters. The molecule has 4 heteroatoms. The zero-order valence-electron chi connectivity index (χ0n) is 8.79. The van der Waals surface area contributed by atoms with Crippen LogP contribution in [0, 0.1) is 0 Å². The van der Waals surface area contributed by atoms with Crippen LogP contribution in [0.5, 0.6) is 5.75 Å². The SMILES string of the molecule is CCc1ncc(OCCCNC)cn1. The molecule has 1 rings (SSSR count). The topological polar surface area (TPSA) is 47.0 Å². The number of nitrogens with one attached hydrogen (secondary N) is 1. The molecule has 0 aliphatic rings. The first-order valence-corrected chi connectivity index (χ1v) is 4.95. The molecule has 1 aromatic heterocycles. The smallest absolute Gasteiger partial charge is 0.155 e. The highest BCUT2D eigenvalue weighted by Gasteiger charge is 1.95. The average molecular weight is 195 g/mol. The lowest BCUT2D eigenvalue weighted by Gasteiger charge is -2.04. The predicted octanol–water partition coefficient (Wildman–Crippen LogP) is 1.03. The summed E-state index contributed by atoms with van der Waals surface area (Å²) in [6.45, 7) is 3.70. The summed E-state index contributed by atoms with van der Waals surface area (Å²) in [4.78, 5) is 8.29. The van der Waals surface area contributed by atoms with Gasteiger partial charge >= 0.3 is 0 Å². The number of hydrogen-bond acceptors (Lipinski definition) is 4. The van der Waals surface area contributed by atoms with Gasteiger partial charge in [0.15, 0.2) is 5.75 Å². The van der Waals surface area contributed by atoms with Crippen molar-refractivity contribution < 1.29 is 4.74 Å². The molecule has 1 N–H and O–H groups in total. The fourth-order valence-corrected chi connectivity index (χ4v) is 1.04. The zero-order valence-corrected chi connectivity index (χ0v) is 8.79. The summed E-state index contributed by atoms with van der Waals surface area (Å²) in [6.07, 6.45) is 5.31. The zero-order chi connectivity index (χ0) is 10.2. The molecule has 0 radical (unpaired) electrons. The Kier molecular flexibility index (Phi) is 4.93. The molecule has 0 unspecified atom stereocenters. The van der Waals surface area contributed by atoms with E-state index >= 15 is 0 Å². The maximum atomic E-state index is 5.44. The second-order valence-electron chi connectivity index (χ2n) is 2.99. The lowest BCUT2D eigenvalue weighted by Crippen LogP contribution is -2.11. The van der Waals surface area contributed by atoms with Gasteiger partial charge in [-0.25, -0.2) is 9.97 Å². The summed E-state index contributed by atoms with van der Waals surface area (Å²) in [7, 11) is 1.93. The third-order valence-electron chi connectivity index (χ3n) is 1.84. The first-order chi connectivity index (χ1) is 6.86. The number of ether oxygens (including phenoxy) is 1. The Labute approximate surface area is 84.7 Å². The summed E-state index contributed by atoms with van der Waals surface area (Å²) in [5, 5.41) is 3.06. The molecule has 0 fully saturated rings. The van der Waals surface area contributed by atoms with Crippen molar-refractivity contribution in [3.8, 4) is 5.75 Å². The van der Waals surface area contributed by atoms with E-state index in [1.54, 1.807) is 12.4 Å². The van der Waals surface area contributed by atoms with E-state index in [-0.39, 0.29) is 0 Å². The van der Waals surface area contributed by atoms with Crippen molar-refractivity contribution in [3.05, 3.63) is 18.2 Å². The molecule has 4 nitrogen and oxygen atoms in total. The van der Waals surface area contributed by atoms with Gasteiger partial charge in [0, 0.05) is 6.42 Å². The number of aromatic nitrogens is 2. The Morgan fingerprint density at radius 2 is 2.07 bits per heavy atom. The molecule has 78 valence electrons. The third-order valence-corrected chi connectivity index (χ3v) is 1.84. The van der Waals surface area contributed by atoms with Crippen molar-refractivity contribution in [2.45, 2.75) is 19.8 Å². The minimum absolute atomic E-state index is 0.704. The Balaban J connectivity index is 2.29. The predicted molar refractivity (Wildman–Crippen MR) is 55.4 cm³/mol. The Bertz CT molecular complexity index is 248. The van der Waals surface area contributed by atoms with Crippen LogP contribution < -0.4 is 10.1 Å². The summed E-state index contributed by atoms with van der Waals surface area (Å²) in [5.41, 5.74) is 0. The number of rotatable bonds is 6. The highest BCUT2D eigenvalue weighted by molar-refractivity contribution is 5.12. The second kappa shape index (κ2) is 6.32. The van der Waals surface area contributed by atoms with Gasteiger partial charge in [0.05, 0.1) is 19.0 Å². The molecular weight excluding hydrogens is 178 g/mol. The molecule has 0 saturated heterocycles. The molecule has 0 saturated carbocycles. The minimum Gasteiger partial charge on any atom is -0.490 e. The lowest BCUT2D eigenvalue weighted by atomic mass is 10.4. The molecule has 0 bridgehead atoms. The summed E-state index contributed by atoms with van der Waals surface area (Å²) < 4.78 is 5.44. The van der Waals surface area contributed by atoms with Gasteiger partial charge in [0.25, 0.3) is 0 Å². The van der Waals surface area contributed by atoms with Gasteiger partial charge in [-0.15, -0.1) is 0 Å². The van der Waals surface area contributed by atoms with Crippen LogP contribution in [0.15, 0.2) is 12.4 Å². The molecule has 0 aliphatic carbocycles. The van der Waals surface area contributed by atoms with E-state index in [9.17, 15) is 0 Å². The number of aryl methyl sites for hydroxylation is 1. The van der Waals surface area contributed by atoms with Crippen LogP contribution in [0.2, 0.25) is 0 Å². The standard InChI is InChI=1S/C10H17N3O/c1-3-10-12-7-9(8-13-10)14-6-4-5-11-2/h7-8,11H,3-6H2,1-2H3. The molecule has 0 aliphatic heterocycles. The van der Waals surface area contributed by atoms with E-state index in [1.807, 2.05) is 14.0 Å². The summed E-state index contributed by atoms with van der Waals surface area (Å²) in [5.74, 6) is 1.60. The molecule has 14 heavy (non-hydrogen) atoms. The van der Waals surface area contributed by atoms with Gasteiger partial charge in [-0.3, -0.25) is 0 Å². The van der Waals surface area contributed by atoms with Crippen molar-refractivity contribution in [2.24, 2.45) is 0 Å². The van der Waals surface area contributed by atoms with Crippen LogP contribution in [-0.2, 0) is 6.42 Å².